The Morgan fingerprint density at radius 1 is 0.867 bits per heavy atom. The van der Waals surface area contributed by atoms with Gasteiger partial charge in [-0.25, -0.2) is 0 Å². The quantitative estimate of drug-likeness (QED) is 0.147. The molecule has 0 saturated heterocycles. The van der Waals surface area contributed by atoms with E-state index in [0.29, 0.717) is 16.4 Å². The highest BCUT2D eigenvalue weighted by Gasteiger charge is 2.13. The van der Waals surface area contributed by atoms with Gasteiger partial charge in [-0.3, -0.25) is 9.78 Å². The van der Waals surface area contributed by atoms with Gasteiger partial charge in [0.2, 0.25) is 0 Å². The standard InChI is InChI=1S/C25H37N3OS/c1-2-3-4-5-6-7-8-9-10-11-12-13-14-15-16-20-23(29)25-28-27-24(30-25)22-19-17-18-21-26-22/h9-10,17-19,21H,2-8,11-16,20H2,1H3/b10-9-. The van der Waals surface area contributed by atoms with Crippen LogP contribution in [-0.2, 0) is 0 Å². The molecular formula is C25H37N3OS. The second kappa shape index (κ2) is 15.9. The molecule has 4 nitrogen and oxygen atoms in total. The molecule has 0 unspecified atom stereocenters. The third-order valence-electron chi connectivity index (χ3n) is 5.21. The molecule has 0 radical (unpaired) electrons. The van der Waals surface area contributed by atoms with E-state index in [9.17, 15) is 4.79 Å². The number of rotatable bonds is 17. The number of ketones is 1. The van der Waals surface area contributed by atoms with E-state index >= 15 is 0 Å². The monoisotopic (exact) mass is 427 g/mol. The molecule has 0 aliphatic rings. The van der Waals surface area contributed by atoms with Crippen molar-refractivity contribution in [3.63, 3.8) is 0 Å². The molecule has 0 aliphatic heterocycles. The number of hydrogen-bond donors (Lipinski definition) is 0. The van der Waals surface area contributed by atoms with E-state index in [-0.39, 0.29) is 5.78 Å². The first kappa shape index (κ1) is 24.4. The van der Waals surface area contributed by atoms with E-state index in [2.05, 4.69) is 34.3 Å². The third kappa shape index (κ3) is 10.2. The lowest BCUT2D eigenvalue weighted by Crippen LogP contribution is -1.98. The summed E-state index contributed by atoms with van der Waals surface area (Å²) in [5.41, 5.74) is 0.773. The minimum atomic E-state index is 0.104. The topological polar surface area (TPSA) is 55.7 Å². The van der Waals surface area contributed by atoms with E-state index in [1.54, 1.807) is 6.20 Å². The van der Waals surface area contributed by atoms with Crippen LogP contribution in [0, 0.1) is 0 Å². The van der Waals surface area contributed by atoms with Crippen molar-refractivity contribution in [2.45, 2.75) is 96.8 Å². The summed E-state index contributed by atoms with van der Waals surface area (Å²) in [5, 5.41) is 9.38. The lowest BCUT2D eigenvalue weighted by atomic mass is 10.1. The van der Waals surface area contributed by atoms with Gasteiger partial charge in [-0.2, -0.15) is 0 Å². The number of allylic oxidation sites excluding steroid dienone is 2. The van der Waals surface area contributed by atoms with Gasteiger partial charge in [0.25, 0.3) is 0 Å². The van der Waals surface area contributed by atoms with Gasteiger partial charge in [0.15, 0.2) is 15.8 Å². The van der Waals surface area contributed by atoms with E-state index in [4.69, 9.17) is 0 Å². The molecule has 2 rings (SSSR count). The minimum absolute atomic E-state index is 0.104. The number of aromatic nitrogens is 3. The Bertz CT molecular complexity index is 727. The van der Waals surface area contributed by atoms with Crippen LogP contribution < -0.4 is 0 Å². The highest BCUT2D eigenvalue weighted by atomic mass is 32.1. The van der Waals surface area contributed by atoms with Crippen molar-refractivity contribution in [1.82, 2.24) is 15.2 Å². The predicted octanol–water partition coefficient (Wildman–Crippen LogP) is 7.82. The Morgan fingerprint density at radius 3 is 2.20 bits per heavy atom. The summed E-state index contributed by atoms with van der Waals surface area (Å²) in [4.78, 5) is 16.6. The fourth-order valence-corrected chi connectivity index (χ4v) is 4.18. The van der Waals surface area contributed by atoms with Crippen LogP contribution in [0.1, 0.15) is 107 Å². The normalized spacial score (nSPS) is 11.4. The molecule has 0 aromatic carbocycles. The van der Waals surface area contributed by atoms with Crippen molar-refractivity contribution >= 4 is 17.1 Å². The zero-order valence-corrected chi connectivity index (χ0v) is 19.3. The van der Waals surface area contributed by atoms with Gasteiger partial charge in [-0.1, -0.05) is 87.8 Å². The van der Waals surface area contributed by atoms with Gasteiger partial charge in [0, 0.05) is 12.6 Å². The number of unbranched alkanes of at least 4 members (excludes halogenated alkanes) is 11. The highest BCUT2D eigenvalue weighted by Crippen LogP contribution is 2.22. The first-order valence-corrected chi connectivity index (χ1v) is 12.6. The molecule has 0 saturated carbocycles. The average molecular weight is 428 g/mol. The van der Waals surface area contributed by atoms with Crippen molar-refractivity contribution in [3.8, 4) is 10.7 Å². The van der Waals surface area contributed by atoms with Crippen LogP contribution in [0.2, 0.25) is 0 Å². The summed E-state index contributed by atoms with van der Waals surface area (Å²) in [6, 6.07) is 5.67. The average Bonchev–Trinajstić information content (AvgIpc) is 3.27. The summed E-state index contributed by atoms with van der Waals surface area (Å²) in [7, 11) is 0. The zero-order chi connectivity index (χ0) is 21.3. The van der Waals surface area contributed by atoms with Gasteiger partial charge in [0.05, 0.1) is 0 Å². The molecule has 2 aromatic heterocycles. The number of nitrogens with zero attached hydrogens (tertiary/aromatic N) is 3. The van der Waals surface area contributed by atoms with Gasteiger partial charge in [-0.15, -0.1) is 10.2 Å². The van der Waals surface area contributed by atoms with E-state index in [0.717, 1.165) is 18.5 Å². The molecule has 30 heavy (non-hydrogen) atoms. The zero-order valence-electron chi connectivity index (χ0n) is 18.5. The highest BCUT2D eigenvalue weighted by molar-refractivity contribution is 7.16. The maximum absolute atomic E-state index is 12.3. The molecule has 0 bridgehead atoms. The molecule has 0 amide bonds. The number of pyridine rings is 1. The lowest BCUT2D eigenvalue weighted by Gasteiger charge is -2.00. The largest absolute Gasteiger partial charge is 0.291 e. The number of Topliss-reactive ketones (excluding diaryl/α,β-unsaturated/α-hetero) is 1. The van der Waals surface area contributed by atoms with Crippen molar-refractivity contribution in [1.29, 1.82) is 0 Å². The minimum Gasteiger partial charge on any atom is -0.291 e. The molecule has 0 spiro atoms. The fraction of sp³-hybridized carbons (Fsp3) is 0.600. The Kier molecular flexibility index (Phi) is 12.9. The Hall–Kier alpha value is -1.88. The number of hydrogen-bond acceptors (Lipinski definition) is 5. The van der Waals surface area contributed by atoms with E-state index in [1.807, 2.05) is 18.2 Å². The van der Waals surface area contributed by atoms with Crippen molar-refractivity contribution < 1.29 is 4.79 Å². The Morgan fingerprint density at radius 2 is 1.53 bits per heavy atom. The van der Waals surface area contributed by atoms with Gasteiger partial charge in [-0.05, 0) is 44.2 Å². The summed E-state index contributed by atoms with van der Waals surface area (Å²) in [6.45, 7) is 2.27. The summed E-state index contributed by atoms with van der Waals surface area (Å²) < 4.78 is 0. The summed E-state index contributed by atoms with van der Waals surface area (Å²) in [5.74, 6) is 0.104. The number of carbonyl (C=O) groups excluding carboxylic acids is 1. The molecule has 2 heterocycles. The molecule has 5 heteroatoms. The molecule has 164 valence electrons. The molecule has 0 atom stereocenters. The predicted molar refractivity (Wildman–Crippen MR) is 127 cm³/mol. The first-order chi connectivity index (χ1) is 14.8. The van der Waals surface area contributed by atoms with Crippen LogP contribution in [0.5, 0.6) is 0 Å². The summed E-state index contributed by atoms with van der Waals surface area (Å²) in [6.07, 6.45) is 23.4. The first-order valence-electron chi connectivity index (χ1n) is 11.7. The van der Waals surface area contributed by atoms with Crippen LogP contribution in [0.15, 0.2) is 36.5 Å². The molecule has 0 N–H and O–H groups in total. The molecule has 2 aromatic rings. The van der Waals surface area contributed by atoms with Crippen molar-refractivity contribution in [2.24, 2.45) is 0 Å². The van der Waals surface area contributed by atoms with Gasteiger partial charge in [0.1, 0.15) is 5.69 Å². The second-order valence-electron chi connectivity index (χ2n) is 7.88. The van der Waals surface area contributed by atoms with E-state index < -0.39 is 0 Å². The molecule has 0 fully saturated rings. The van der Waals surface area contributed by atoms with Gasteiger partial charge >= 0.3 is 0 Å². The fourth-order valence-electron chi connectivity index (χ4n) is 3.39. The molecule has 0 aliphatic carbocycles. The maximum Gasteiger partial charge on any atom is 0.193 e. The smallest absolute Gasteiger partial charge is 0.193 e. The second-order valence-corrected chi connectivity index (χ2v) is 8.86. The van der Waals surface area contributed by atoms with Crippen molar-refractivity contribution in [2.75, 3.05) is 0 Å². The van der Waals surface area contributed by atoms with Crippen LogP contribution in [0.25, 0.3) is 10.7 Å². The van der Waals surface area contributed by atoms with Crippen molar-refractivity contribution in [3.05, 3.63) is 41.6 Å². The van der Waals surface area contributed by atoms with E-state index in [1.165, 1.54) is 82.0 Å². The van der Waals surface area contributed by atoms with Crippen LogP contribution in [0.3, 0.4) is 0 Å². The summed E-state index contributed by atoms with van der Waals surface area (Å²) >= 11 is 1.34. The van der Waals surface area contributed by atoms with Crippen LogP contribution in [0.4, 0.5) is 0 Å². The Balaban J connectivity index is 1.45. The molecular weight excluding hydrogens is 390 g/mol. The number of carbonyl (C=O) groups is 1. The van der Waals surface area contributed by atoms with Gasteiger partial charge < -0.3 is 0 Å². The Labute approximate surface area is 186 Å². The lowest BCUT2D eigenvalue weighted by molar-refractivity contribution is 0.0978. The SMILES string of the molecule is CCCCCCCC/C=C\CCCCCCCC(=O)c1nnc(-c2ccccn2)s1. The van der Waals surface area contributed by atoms with Crippen LogP contribution in [-0.4, -0.2) is 21.0 Å². The third-order valence-corrected chi connectivity index (χ3v) is 6.20. The van der Waals surface area contributed by atoms with Crippen LogP contribution >= 0.6 is 11.3 Å². The maximum atomic E-state index is 12.3.